The topological polar surface area (TPSA) is 113 Å². The molecule has 0 radical (unpaired) electrons. The molecule has 2 aliphatic heterocycles. The zero-order chi connectivity index (χ0) is 25.8. The molecule has 2 aliphatic rings. The smallest absolute Gasteiger partial charge is 0.321 e. The Hall–Kier alpha value is -3.01. The molecule has 2 unspecified atom stereocenters. The van der Waals surface area contributed by atoms with E-state index < -0.39 is 30.6 Å². The molecule has 10 heteroatoms. The van der Waals surface area contributed by atoms with Crippen molar-refractivity contribution in [2.24, 2.45) is 5.73 Å². The number of hydrogen-bond acceptors (Lipinski definition) is 6. The summed E-state index contributed by atoms with van der Waals surface area (Å²) < 4.78 is 20.4. The van der Waals surface area contributed by atoms with Gasteiger partial charge >= 0.3 is 11.9 Å². The third-order valence-corrected chi connectivity index (χ3v) is 7.02. The Morgan fingerprint density at radius 1 is 1.11 bits per heavy atom. The third kappa shape index (κ3) is 7.06. The highest BCUT2D eigenvalue weighted by Crippen LogP contribution is 2.34. The molecule has 2 fully saturated rings. The summed E-state index contributed by atoms with van der Waals surface area (Å²) in [6.45, 7) is 4.10. The number of likely N-dealkylation sites (tertiary alicyclic amines) is 2. The minimum atomic E-state index is -1.32. The molecule has 0 aliphatic carbocycles. The predicted octanol–water partition coefficient (Wildman–Crippen LogP) is 3.05. The molecule has 0 spiro atoms. The summed E-state index contributed by atoms with van der Waals surface area (Å²) in [5.41, 5.74) is 8.42. The highest BCUT2D eigenvalue weighted by atomic mass is 35.5. The fourth-order valence-corrected chi connectivity index (χ4v) is 4.94. The van der Waals surface area contributed by atoms with E-state index in [-0.39, 0.29) is 42.6 Å². The minimum absolute atomic E-state index is 0. The maximum Gasteiger partial charge on any atom is 0.321 e. The number of alkyl halides is 1. The number of amides is 1. The first-order chi connectivity index (χ1) is 17.2. The van der Waals surface area contributed by atoms with Crippen LogP contribution in [0.5, 0.6) is 5.75 Å². The second-order valence-corrected chi connectivity index (χ2v) is 9.65. The van der Waals surface area contributed by atoms with Crippen LogP contribution >= 0.6 is 12.4 Å². The number of carbonyl (C=O) groups is 3. The van der Waals surface area contributed by atoms with Crippen molar-refractivity contribution in [3.05, 3.63) is 65.2 Å². The van der Waals surface area contributed by atoms with Gasteiger partial charge in [-0.05, 0) is 49.6 Å². The molecule has 4 atom stereocenters. The largest absolute Gasteiger partial charge is 0.480 e. The van der Waals surface area contributed by atoms with Crippen molar-refractivity contribution >= 4 is 30.3 Å². The SMILES string of the molecule is Cc1ccc(CN2CC[C@@H](N3CCC(c4ccc(OC(=O)CC(N)C(=O)O)cc4)[C@H](F)C3)C2=O)cc1.Cl. The quantitative estimate of drug-likeness (QED) is 0.396. The predicted molar refractivity (Wildman–Crippen MR) is 138 cm³/mol. The number of hydrogen-bond donors (Lipinski definition) is 2. The molecule has 3 N–H and O–H groups in total. The Morgan fingerprint density at radius 2 is 1.78 bits per heavy atom. The van der Waals surface area contributed by atoms with Gasteiger partial charge in [0, 0.05) is 25.6 Å². The summed E-state index contributed by atoms with van der Waals surface area (Å²) in [5, 5.41) is 8.79. The second-order valence-electron chi connectivity index (χ2n) is 9.65. The second kappa shape index (κ2) is 12.5. The summed E-state index contributed by atoms with van der Waals surface area (Å²) in [4.78, 5) is 39.5. The third-order valence-electron chi connectivity index (χ3n) is 7.02. The van der Waals surface area contributed by atoms with Gasteiger partial charge in [0.1, 0.15) is 18.0 Å². The first-order valence-electron chi connectivity index (χ1n) is 12.2. The van der Waals surface area contributed by atoms with Crippen molar-refractivity contribution in [1.82, 2.24) is 9.80 Å². The Kier molecular flexibility index (Phi) is 9.64. The zero-order valence-corrected chi connectivity index (χ0v) is 21.5. The van der Waals surface area contributed by atoms with Crippen molar-refractivity contribution < 1.29 is 28.6 Å². The molecule has 2 aromatic carbocycles. The lowest BCUT2D eigenvalue weighted by Gasteiger charge is -2.37. The van der Waals surface area contributed by atoms with E-state index in [2.05, 4.69) is 0 Å². The van der Waals surface area contributed by atoms with E-state index in [0.29, 0.717) is 32.5 Å². The van der Waals surface area contributed by atoms with Gasteiger partial charge < -0.3 is 20.5 Å². The molecule has 0 bridgehead atoms. The van der Waals surface area contributed by atoms with Crippen molar-refractivity contribution in [3.63, 3.8) is 0 Å². The number of ether oxygens (including phenoxy) is 1. The summed E-state index contributed by atoms with van der Waals surface area (Å²) in [6.07, 6.45) is -0.284. The van der Waals surface area contributed by atoms with Crippen molar-refractivity contribution in [2.45, 2.75) is 56.9 Å². The molecule has 2 aromatic rings. The van der Waals surface area contributed by atoms with Crippen LogP contribution in [-0.2, 0) is 20.9 Å². The van der Waals surface area contributed by atoms with Gasteiger partial charge in [-0.3, -0.25) is 19.3 Å². The Balaban J connectivity index is 0.00000380. The van der Waals surface area contributed by atoms with E-state index in [4.69, 9.17) is 15.6 Å². The number of carbonyl (C=O) groups excluding carboxylic acids is 2. The molecule has 2 heterocycles. The van der Waals surface area contributed by atoms with Gasteiger partial charge in [0.2, 0.25) is 5.91 Å². The van der Waals surface area contributed by atoms with E-state index in [0.717, 1.165) is 11.1 Å². The number of carboxylic acids is 1. The van der Waals surface area contributed by atoms with Crippen LogP contribution in [0.25, 0.3) is 0 Å². The molecular formula is C27H33ClFN3O5. The maximum absolute atomic E-state index is 15.3. The highest BCUT2D eigenvalue weighted by molar-refractivity contribution is 5.85. The lowest BCUT2D eigenvalue weighted by Crippen LogP contribution is -2.49. The number of rotatable bonds is 8. The fraction of sp³-hybridized carbons (Fsp3) is 0.444. The average molecular weight is 534 g/mol. The highest BCUT2D eigenvalue weighted by Gasteiger charge is 2.40. The van der Waals surface area contributed by atoms with E-state index in [9.17, 15) is 14.4 Å². The first-order valence-corrected chi connectivity index (χ1v) is 12.2. The maximum atomic E-state index is 15.3. The lowest BCUT2D eigenvalue weighted by molar-refractivity contribution is -0.143. The standard InChI is InChI=1S/C27H32FN3O5.ClH/c1-17-2-4-18(5-3-17)15-31-13-11-24(26(31)33)30-12-10-21(22(28)16-30)19-6-8-20(9-7-19)36-25(32)14-23(29)27(34)35;/h2-9,21-24H,10-16,29H2,1H3,(H,34,35);1H/t21?,22-,23?,24-;/m1./s1. The number of halogens is 2. The van der Waals surface area contributed by atoms with Gasteiger partial charge in [0.15, 0.2) is 0 Å². The fourth-order valence-electron chi connectivity index (χ4n) is 4.94. The summed E-state index contributed by atoms with van der Waals surface area (Å²) in [7, 11) is 0. The number of piperidine rings is 1. The van der Waals surface area contributed by atoms with Gasteiger partial charge in [0.05, 0.1) is 12.5 Å². The average Bonchev–Trinajstić information content (AvgIpc) is 3.20. The van der Waals surface area contributed by atoms with Gasteiger partial charge in [-0.1, -0.05) is 42.0 Å². The number of aryl methyl sites for hydroxylation is 1. The molecule has 2 saturated heterocycles. The number of benzene rings is 2. The minimum Gasteiger partial charge on any atom is -0.480 e. The van der Waals surface area contributed by atoms with Crippen LogP contribution in [0.15, 0.2) is 48.5 Å². The number of esters is 1. The number of nitrogens with zero attached hydrogens (tertiary/aromatic N) is 2. The van der Waals surface area contributed by atoms with Crippen molar-refractivity contribution in [2.75, 3.05) is 19.6 Å². The van der Waals surface area contributed by atoms with E-state index in [1.54, 1.807) is 24.3 Å². The van der Waals surface area contributed by atoms with Gasteiger partial charge in [-0.2, -0.15) is 0 Å². The Morgan fingerprint density at radius 3 is 2.41 bits per heavy atom. The monoisotopic (exact) mass is 533 g/mol. The van der Waals surface area contributed by atoms with Gasteiger partial charge in [-0.25, -0.2) is 4.39 Å². The van der Waals surface area contributed by atoms with Crippen LogP contribution in [0.1, 0.15) is 41.9 Å². The lowest BCUT2D eigenvalue weighted by atomic mass is 9.87. The molecule has 37 heavy (non-hydrogen) atoms. The Bertz CT molecular complexity index is 1100. The van der Waals surface area contributed by atoms with Gasteiger partial charge in [-0.15, -0.1) is 12.4 Å². The number of carboxylic acid groups (broad SMARTS) is 1. The van der Waals surface area contributed by atoms with E-state index in [1.165, 1.54) is 5.56 Å². The summed E-state index contributed by atoms with van der Waals surface area (Å²) in [5.74, 6) is -2.02. The van der Waals surface area contributed by atoms with Crippen LogP contribution in [-0.4, -0.2) is 70.6 Å². The molecule has 0 aromatic heterocycles. The molecule has 200 valence electrons. The molecular weight excluding hydrogens is 501 g/mol. The number of aliphatic carboxylic acids is 1. The van der Waals surface area contributed by atoms with Crippen LogP contribution in [0.2, 0.25) is 0 Å². The van der Waals surface area contributed by atoms with Gasteiger partial charge in [0.25, 0.3) is 0 Å². The molecule has 4 rings (SSSR count). The van der Waals surface area contributed by atoms with Crippen LogP contribution in [0.4, 0.5) is 4.39 Å². The van der Waals surface area contributed by atoms with Crippen LogP contribution in [0.3, 0.4) is 0 Å². The molecule has 1 amide bonds. The van der Waals surface area contributed by atoms with Crippen molar-refractivity contribution in [1.29, 1.82) is 0 Å². The van der Waals surface area contributed by atoms with E-state index in [1.807, 2.05) is 41.0 Å². The summed E-state index contributed by atoms with van der Waals surface area (Å²) in [6, 6.07) is 13.1. The summed E-state index contributed by atoms with van der Waals surface area (Å²) >= 11 is 0. The van der Waals surface area contributed by atoms with Crippen LogP contribution in [0, 0.1) is 6.92 Å². The van der Waals surface area contributed by atoms with E-state index >= 15 is 4.39 Å². The molecule has 8 nitrogen and oxygen atoms in total. The number of nitrogens with two attached hydrogens (primary N) is 1. The van der Waals surface area contributed by atoms with Crippen LogP contribution < -0.4 is 10.5 Å². The molecule has 0 saturated carbocycles. The van der Waals surface area contributed by atoms with Crippen molar-refractivity contribution in [3.8, 4) is 5.75 Å². The Labute approximate surface area is 222 Å². The normalized spacial score (nSPS) is 22.8. The first kappa shape index (κ1) is 28.6. The zero-order valence-electron chi connectivity index (χ0n) is 20.7.